The van der Waals surface area contributed by atoms with Gasteiger partial charge in [0.2, 0.25) is 0 Å². The number of oxime groups is 1. The predicted molar refractivity (Wildman–Crippen MR) is 93.2 cm³/mol. The Morgan fingerprint density at radius 2 is 2.38 bits per heavy atom. The summed E-state index contributed by atoms with van der Waals surface area (Å²) in [6.45, 7) is 1.89. The van der Waals surface area contributed by atoms with E-state index in [1.165, 1.54) is 11.3 Å². The van der Waals surface area contributed by atoms with Crippen LogP contribution in [0.25, 0.3) is 0 Å². The van der Waals surface area contributed by atoms with E-state index in [0.717, 1.165) is 11.1 Å². The van der Waals surface area contributed by atoms with Crippen LogP contribution in [0.1, 0.15) is 16.8 Å². The smallest absolute Gasteiger partial charge is 0.534 e. The number of benzene rings is 1. The zero-order valence-corrected chi connectivity index (χ0v) is 14.3. The van der Waals surface area contributed by atoms with Crippen LogP contribution in [0, 0.1) is 10.9 Å². The van der Waals surface area contributed by atoms with Gasteiger partial charge in [0.25, 0.3) is 5.91 Å². The third kappa shape index (κ3) is 3.21. The largest absolute Gasteiger partial charge is 0.547 e. The summed E-state index contributed by atoms with van der Waals surface area (Å²) < 4.78 is 5.98. The second kappa shape index (κ2) is 6.75. The van der Waals surface area contributed by atoms with Crippen molar-refractivity contribution in [3.63, 3.8) is 0 Å². The number of carbonyl (C=O) groups is 1. The number of nitrogens with one attached hydrogen (secondary N) is 2. The molecular formula is C14H14BN3O4S2. The third-order valence-electron chi connectivity index (χ3n) is 3.72. The highest BCUT2D eigenvalue weighted by molar-refractivity contribution is 7.73. The van der Waals surface area contributed by atoms with Gasteiger partial charge < -0.3 is 25.2 Å². The molecule has 1 aromatic heterocycles. The topological polar surface area (TPSA) is 107 Å². The van der Waals surface area contributed by atoms with Gasteiger partial charge in [-0.3, -0.25) is 4.79 Å². The lowest BCUT2D eigenvalue weighted by Gasteiger charge is -2.29. The fourth-order valence-corrected chi connectivity index (χ4v) is 3.38. The average Bonchev–Trinajstić information content (AvgIpc) is 2.96. The highest BCUT2D eigenvalue weighted by Gasteiger charge is 2.37. The molecule has 0 fully saturated rings. The minimum Gasteiger partial charge on any atom is -0.534 e. The first kappa shape index (κ1) is 16.7. The Bertz CT molecular complexity index is 864. The van der Waals surface area contributed by atoms with Crippen molar-refractivity contribution in [2.75, 3.05) is 0 Å². The number of hydrogen-bond donors (Lipinski definition) is 4. The highest BCUT2D eigenvalue weighted by atomic mass is 32.1. The van der Waals surface area contributed by atoms with Crippen LogP contribution < -0.4 is 9.97 Å². The maximum Gasteiger partial charge on any atom is 0.547 e. The van der Waals surface area contributed by atoms with E-state index in [2.05, 4.69) is 15.5 Å². The van der Waals surface area contributed by atoms with Crippen LogP contribution in [-0.4, -0.2) is 39.9 Å². The van der Waals surface area contributed by atoms with Crippen molar-refractivity contribution in [3.8, 4) is 5.75 Å². The van der Waals surface area contributed by atoms with Crippen LogP contribution in [0.3, 0.4) is 0 Å². The molecular weight excluding hydrogens is 349 g/mol. The lowest BCUT2D eigenvalue weighted by molar-refractivity contribution is -0.115. The Kier molecular flexibility index (Phi) is 4.70. The Morgan fingerprint density at radius 1 is 1.58 bits per heavy atom. The van der Waals surface area contributed by atoms with Gasteiger partial charge in [-0.25, -0.2) is 0 Å². The van der Waals surface area contributed by atoms with E-state index in [0.29, 0.717) is 21.8 Å². The zero-order valence-electron chi connectivity index (χ0n) is 12.6. The number of aromatic amines is 1. The van der Waals surface area contributed by atoms with Crippen LogP contribution in [0.4, 0.5) is 0 Å². The number of rotatable bonds is 3. The molecule has 1 atom stereocenters. The monoisotopic (exact) mass is 363 g/mol. The normalized spacial score (nSPS) is 17.2. The molecule has 1 aliphatic rings. The summed E-state index contributed by atoms with van der Waals surface area (Å²) in [7, 11) is -1.19. The van der Waals surface area contributed by atoms with E-state index in [1.807, 2.05) is 25.1 Å². The van der Waals surface area contributed by atoms with E-state index in [4.69, 9.17) is 22.1 Å². The van der Waals surface area contributed by atoms with Crippen molar-refractivity contribution in [1.29, 1.82) is 0 Å². The number of hydrogen-bond acceptors (Lipinski definition) is 7. The second-order valence-electron chi connectivity index (χ2n) is 5.37. The fraction of sp³-hybridized carbons (Fsp3) is 0.214. The van der Waals surface area contributed by atoms with Gasteiger partial charge in [0.1, 0.15) is 5.75 Å². The number of H-pyrrole nitrogens is 1. The van der Waals surface area contributed by atoms with Crippen molar-refractivity contribution in [2.24, 2.45) is 5.16 Å². The van der Waals surface area contributed by atoms with Gasteiger partial charge in [0, 0.05) is 5.38 Å². The van der Waals surface area contributed by atoms with Crippen LogP contribution in [0.15, 0.2) is 28.7 Å². The summed E-state index contributed by atoms with van der Waals surface area (Å²) >= 11 is 6.17. The summed E-state index contributed by atoms with van der Waals surface area (Å²) in [5.74, 6) is -0.663. The molecule has 0 bridgehead atoms. The number of aryl methyl sites for hydroxylation is 1. The van der Waals surface area contributed by atoms with Gasteiger partial charge in [0.05, 0.1) is 11.6 Å². The highest BCUT2D eigenvalue weighted by Crippen LogP contribution is 2.29. The molecule has 7 nitrogen and oxygen atoms in total. The molecule has 0 radical (unpaired) electrons. The molecule has 2 heterocycles. The molecule has 1 aromatic carbocycles. The molecule has 0 unspecified atom stereocenters. The number of nitrogens with zero attached hydrogens (tertiary/aromatic N) is 1. The molecule has 1 amide bonds. The Morgan fingerprint density at radius 3 is 3.04 bits per heavy atom. The van der Waals surface area contributed by atoms with E-state index in [1.54, 1.807) is 5.38 Å². The number of fused-ring (bicyclic) bond motifs is 1. The number of aromatic nitrogens is 1. The summed E-state index contributed by atoms with van der Waals surface area (Å²) in [6, 6.07) is 5.66. The van der Waals surface area contributed by atoms with E-state index in [9.17, 15) is 9.82 Å². The van der Waals surface area contributed by atoms with Gasteiger partial charge in [-0.1, -0.05) is 23.4 Å². The van der Waals surface area contributed by atoms with Gasteiger partial charge in [-0.15, -0.1) is 11.3 Å². The van der Waals surface area contributed by atoms with E-state index < -0.39 is 19.0 Å². The van der Waals surface area contributed by atoms with Gasteiger partial charge in [-0.05, 0) is 36.7 Å². The summed E-state index contributed by atoms with van der Waals surface area (Å²) in [6.07, 6.45) is 0.405. The van der Waals surface area contributed by atoms with Gasteiger partial charge >= 0.3 is 7.12 Å². The Balaban J connectivity index is 1.78. The molecule has 0 aliphatic carbocycles. The first-order chi connectivity index (χ1) is 11.5. The molecule has 1 aliphatic heterocycles. The standard InChI is InChI=1S/C14H14BN3O4S2/c1-7-3-2-4-8-5-10(15(20)22-12(7)8)17-13(19)11(18-21)9-6-24-14(23)16-9/h2-4,6,10,20-21H,5H2,1H3,(H,16,23)(H,17,19)/b18-11-/t10-/m0/s1. The Labute approximate surface area is 147 Å². The number of para-hydroxylation sites is 1. The number of amides is 1. The number of carbonyl (C=O) groups excluding carboxylic acids is 1. The second-order valence-corrected chi connectivity index (χ2v) is 6.91. The first-order valence-corrected chi connectivity index (χ1v) is 8.42. The van der Waals surface area contributed by atoms with Crippen LogP contribution >= 0.6 is 23.6 Å². The molecule has 10 heteroatoms. The molecule has 0 spiro atoms. The lowest BCUT2D eigenvalue weighted by Crippen LogP contribution is -2.54. The summed E-state index contributed by atoms with van der Waals surface area (Å²) in [4.78, 5) is 15.1. The van der Waals surface area contributed by atoms with Crippen LogP contribution in [0.5, 0.6) is 5.75 Å². The zero-order chi connectivity index (χ0) is 17.3. The van der Waals surface area contributed by atoms with Crippen LogP contribution in [-0.2, 0) is 11.2 Å². The van der Waals surface area contributed by atoms with Crippen LogP contribution in [0.2, 0.25) is 0 Å². The van der Waals surface area contributed by atoms with Crippen molar-refractivity contribution in [1.82, 2.24) is 10.3 Å². The summed E-state index contributed by atoms with van der Waals surface area (Å²) in [5, 5.41) is 26.5. The van der Waals surface area contributed by atoms with Crippen molar-refractivity contribution >= 4 is 42.3 Å². The molecule has 4 N–H and O–H groups in total. The molecule has 24 heavy (non-hydrogen) atoms. The van der Waals surface area contributed by atoms with Crippen molar-refractivity contribution in [3.05, 3.63) is 44.4 Å². The summed E-state index contributed by atoms with van der Waals surface area (Å²) in [5.41, 5.74) is 1.92. The van der Waals surface area contributed by atoms with E-state index >= 15 is 0 Å². The van der Waals surface area contributed by atoms with Crippen molar-refractivity contribution < 1.29 is 19.7 Å². The fourth-order valence-electron chi connectivity index (χ4n) is 2.56. The Hall–Kier alpha value is -2.17. The SMILES string of the molecule is Cc1cccc2c1OB(O)[C@@H](NC(=O)/C(=N\O)c1csc(=S)[nH]1)C2. The predicted octanol–water partition coefficient (Wildman–Crippen LogP) is 1.43. The number of thiazole rings is 1. The maximum atomic E-state index is 12.4. The van der Waals surface area contributed by atoms with Gasteiger partial charge in [-0.2, -0.15) is 0 Å². The lowest BCUT2D eigenvalue weighted by atomic mass is 9.72. The molecule has 2 aromatic rings. The average molecular weight is 363 g/mol. The first-order valence-electron chi connectivity index (χ1n) is 7.14. The minimum atomic E-state index is -1.19. The molecule has 3 rings (SSSR count). The van der Waals surface area contributed by atoms with Gasteiger partial charge in [0.15, 0.2) is 9.67 Å². The van der Waals surface area contributed by atoms with E-state index in [-0.39, 0.29) is 5.71 Å². The maximum absolute atomic E-state index is 12.4. The van der Waals surface area contributed by atoms with Crippen molar-refractivity contribution in [2.45, 2.75) is 19.3 Å². The minimum absolute atomic E-state index is 0.204. The molecule has 0 saturated carbocycles. The molecule has 124 valence electrons. The molecule has 0 saturated heterocycles. The quantitative estimate of drug-likeness (QED) is 0.217. The third-order valence-corrected chi connectivity index (χ3v) is 4.78.